The molecule has 0 atom stereocenters. The highest BCUT2D eigenvalue weighted by Crippen LogP contribution is 2.02. The Balaban J connectivity index is 2.17. The van der Waals surface area contributed by atoms with Crippen molar-refractivity contribution >= 4 is 28.4 Å². The van der Waals surface area contributed by atoms with Gasteiger partial charge in [0.15, 0.2) is 9.84 Å². The lowest BCUT2D eigenvalue weighted by Gasteiger charge is -2.25. The van der Waals surface area contributed by atoms with Crippen LogP contribution < -0.4 is 0 Å². The first-order valence-electron chi connectivity index (χ1n) is 4.73. The van der Waals surface area contributed by atoms with Crippen LogP contribution in [0.4, 0.5) is 0 Å². The van der Waals surface area contributed by atoms with Crippen molar-refractivity contribution in [3.63, 3.8) is 0 Å². The summed E-state index contributed by atoms with van der Waals surface area (Å²) in [7, 11) is -2.82. The van der Waals surface area contributed by atoms with Crippen LogP contribution in [-0.4, -0.2) is 62.8 Å². The Morgan fingerprint density at radius 3 is 2.47 bits per heavy atom. The fourth-order valence-corrected chi connectivity index (χ4v) is 2.68. The van der Waals surface area contributed by atoms with E-state index in [9.17, 15) is 13.2 Å². The number of hydrogen-bond donors (Lipinski definition) is 1. The molecular weight excluding hydrogens is 238 g/mol. The van der Waals surface area contributed by atoms with Crippen LogP contribution in [0.15, 0.2) is 0 Å². The SMILES string of the molecule is O=C(CS)OCCN1CCS(=O)(=O)CC1. The summed E-state index contributed by atoms with van der Waals surface area (Å²) in [5, 5.41) is 0. The molecule has 0 radical (unpaired) electrons. The number of hydrogen-bond acceptors (Lipinski definition) is 6. The summed E-state index contributed by atoms with van der Waals surface area (Å²) in [5.41, 5.74) is 0. The molecule has 5 nitrogen and oxygen atoms in total. The van der Waals surface area contributed by atoms with Crippen LogP contribution in [0.1, 0.15) is 0 Å². The highest BCUT2D eigenvalue weighted by molar-refractivity contribution is 7.91. The molecule has 1 aliphatic rings. The molecule has 0 amide bonds. The van der Waals surface area contributed by atoms with Gasteiger partial charge in [-0.15, -0.1) is 0 Å². The lowest BCUT2D eigenvalue weighted by molar-refractivity contribution is -0.140. The third-order valence-corrected chi connectivity index (χ3v) is 4.10. The van der Waals surface area contributed by atoms with Gasteiger partial charge in [0.25, 0.3) is 0 Å². The van der Waals surface area contributed by atoms with Gasteiger partial charge >= 0.3 is 5.97 Å². The highest BCUT2D eigenvalue weighted by atomic mass is 32.2. The van der Waals surface area contributed by atoms with Gasteiger partial charge in [-0.05, 0) is 0 Å². The third-order valence-electron chi connectivity index (χ3n) is 2.24. The number of thiol groups is 1. The van der Waals surface area contributed by atoms with Crippen molar-refractivity contribution in [2.45, 2.75) is 0 Å². The van der Waals surface area contributed by atoms with E-state index in [1.807, 2.05) is 4.90 Å². The molecule has 0 spiro atoms. The molecule has 0 bridgehead atoms. The van der Waals surface area contributed by atoms with Crippen LogP contribution in [0.3, 0.4) is 0 Å². The molecule has 0 aromatic carbocycles. The fraction of sp³-hybridized carbons (Fsp3) is 0.875. The van der Waals surface area contributed by atoms with Crippen molar-refractivity contribution in [2.75, 3.05) is 43.5 Å². The lowest BCUT2D eigenvalue weighted by Crippen LogP contribution is -2.41. The van der Waals surface area contributed by atoms with Crippen LogP contribution in [0.25, 0.3) is 0 Å². The molecule has 1 saturated heterocycles. The minimum absolute atomic E-state index is 0.0778. The van der Waals surface area contributed by atoms with Gasteiger partial charge < -0.3 is 4.74 Å². The Morgan fingerprint density at radius 2 is 1.93 bits per heavy atom. The molecule has 1 rings (SSSR count). The summed E-state index contributed by atoms with van der Waals surface area (Å²) >= 11 is 3.77. The Bertz CT molecular complexity index is 301. The average molecular weight is 253 g/mol. The van der Waals surface area contributed by atoms with Gasteiger partial charge in [0.2, 0.25) is 0 Å². The first-order chi connectivity index (χ1) is 7.03. The molecule has 1 fully saturated rings. The maximum Gasteiger partial charge on any atom is 0.315 e. The van der Waals surface area contributed by atoms with E-state index >= 15 is 0 Å². The fourth-order valence-electron chi connectivity index (χ4n) is 1.31. The summed E-state index contributed by atoms with van der Waals surface area (Å²) in [6, 6.07) is 0. The lowest BCUT2D eigenvalue weighted by atomic mass is 10.5. The molecule has 15 heavy (non-hydrogen) atoms. The zero-order valence-electron chi connectivity index (χ0n) is 8.39. The molecular formula is C8H15NO4S2. The second kappa shape index (κ2) is 5.72. The van der Waals surface area contributed by atoms with E-state index in [-0.39, 0.29) is 23.2 Å². The molecule has 1 heterocycles. The zero-order chi connectivity index (χ0) is 11.3. The number of carbonyl (C=O) groups excluding carboxylic acids is 1. The molecule has 88 valence electrons. The standard InChI is InChI=1S/C8H15NO4S2/c10-8(7-14)13-4-1-9-2-5-15(11,12)6-3-9/h14H,1-7H2. The Labute approximate surface area is 95.1 Å². The largest absolute Gasteiger partial charge is 0.464 e. The summed E-state index contributed by atoms with van der Waals surface area (Å²) < 4.78 is 27.0. The molecule has 1 aliphatic heterocycles. The number of carbonyl (C=O) groups is 1. The summed E-state index contributed by atoms with van der Waals surface area (Å²) in [6.07, 6.45) is 0. The maximum atomic E-state index is 11.1. The van der Waals surface area contributed by atoms with E-state index in [4.69, 9.17) is 4.74 Å². The number of rotatable bonds is 4. The van der Waals surface area contributed by atoms with Crippen LogP contribution in [0, 0.1) is 0 Å². The quantitative estimate of drug-likeness (QED) is 0.524. The van der Waals surface area contributed by atoms with E-state index in [0.29, 0.717) is 26.2 Å². The van der Waals surface area contributed by atoms with Gasteiger partial charge in [0.05, 0.1) is 17.3 Å². The summed E-state index contributed by atoms with van der Waals surface area (Å²) in [6.45, 7) is 1.95. The highest BCUT2D eigenvalue weighted by Gasteiger charge is 2.21. The topological polar surface area (TPSA) is 63.7 Å². The molecule has 0 saturated carbocycles. The second-order valence-electron chi connectivity index (χ2n) is 3.37. The number of nitrogens with zero attached hydrogens (tertiary/aromatic N) is 1. The average Bonchev–Trinajstić information content (AvgIpc) is 2.20. The Hall–Kier alpha value is -0.270. The predicted octanol–water partition coefficient (Wildman–Crippen LogP) is -0.810. The molecule has 0 N–H and O–H groups in total. The number of esters is 1. The van der Waals surface area contributed by atoms with Crippen molar-refractivity contribution in [1.29, 1.82) is 0 Å². The maximum absolute atomic E-state index is 11.1. The minimum Gasteiger partial charge on any atom is -0.464 e. The second-order valence-corrected chi connectivity index (χ2v) is 5.99. The van der Waals surface area contributed by atoms with E-state index in [2.05, 4.69) is 12.6 Å². The number of sulfone groups is 1. The monoisotopic (exact) mass is 253 g/mol. The van der Waals surface area contributed by atoms with Gasteiger partial charge in [-0.1, -0.05) is 0 Å². The minimum atomic E-state index is -2.82. The Morgan fingerprint density at radius 1 is 1.33 bits per heavy atom. The van der Waals surface area contributed by atoms with Gasteiger partial charge in [0, 0.05) is 19.6 Å². The predicted molar refractivity (Wildman–Crippen MR) is 59.9 cm³/mol. The molecule has 0 aliphatic carbocycles. The van der Waals surface area contributed by atoms with E-state index in [1.165, 1.54) is 0 Å². The van der Waals surface area contributed by atoms with Crippen LogP contribution >= 0.6 is 12.6 Å². The molecule has 0 aromatic heterocycles. The molecule has 7 heteroatoms. The van der Waals surface area contributed by atoms with Crippen molar-refractivity contribution < 1.29 is 17.9 Å². The van der Waals surface area contributed by atoms with Gasteiger partial charge in [-0.3, -0.25) is 9.69 Å². The van der Waals surface area contributed by atoms with Crippen LogP contribution in [0.5, 0.6) is 0 Å². The third kappa shape index (κ3) is 4.85. The van der Waals surface area contributed by atoms with Crippen molar-refractivity contribution in [1.82, 2.24) is 4.90 Å². The van der Waals surface area contributed by atoms with Crippen LogP contribution in [-0.2, 0) is 19.4 Å². The molecule has 0 unspecified atom stereocenters. The zero-order valence-corrected chi connectivity index (χ0v) is 10.1. The van der Waals surface area contributed by atoms with E-state index in [1.54, 1.807) is 0 Å². The van der Waals surface area contributed by atoms with E-state index < -0.39 is 9.84 Å². The first kappa shape index (κ1) is 12.8. The molecule has 0 aromatic rings. The van der Waals surface area contributed by atoms with E-state index in [0.717, 1.165) is 0 Å². The smallest absolute Gasteiger partial charge is 0.315 e. The first-order valence-corrected chi connectivity index (χ1v) is 7.18. The summed E-state index contributed by atoms with van der Waals surface area (Å²) in [4.78, 5) is 12.7. The summed E-state index contributed by atoms with van der Waals surface area (Å²) in [5.74, 6) is 0.137. The Kier molecular flexibility index (Phi) is 4.88. The van der Waals surface area contributed by atoms with Crippen molar-refractivity contribution in [2.24, 2.45) is 0 Å². The van der Waals surface area contributed by atoms with Crippen molar-refractivity contribution in [3.8, 4) is 0 Å². The van der Waals surface area contributed by atoms with Gasteiger partial charge in [-0.25, -0.2) is 8.42 Å². The van der Waals surface area contributed by atoms with Gasteiger partial charge in [-0.2, -0.15) is 12.6 Å². The number of ether oxygens (including phenoxy) is 1. The van der Waals surface area contributed by atoms with Crippen LogP contribution in [0.2, 0.25) is 0 Å². The normalized spacial score (nSPS) is 21.1. The van der Waals surface area contributed by atoms with Crippen molar-refractivity contribution in [3.05, 3.63) is 0 Å². The van der Waals surface area contributed by atoms with Gasteiger partial charge in [0.1, 0.15) is 6.61 Å².